The Morgan fingerprint density at radius 3 is 1.98 bits per heavy atom. The molecule has 2 aliphatic heterocycles. The van der Waals surface area contributed by atoms with Gasteiger partial charge < -0.3 is 19.5 Å². The highest BCUT2D eigenvalue weighted by Gasteiger charge is 2.44. The molecule has 1 N–H and O–H groups in total. The van der Waals surface area contributed by atoms with Crippen LogP contribution in [0.4, 0.5) is 48.7 Å². The molecule has 2 amide bonds. The van der Waals surface area contributed by atoms with Crippen LogP contribution >= 0.6 is 0 Å². The molecule has 7 nitrogen and oxygen atoms in total. The number of cyclic esters (lactones) is 1. The second-order valence-electron chi connectivity index (χ2n) is 12.3. The van der Waals surface area contributed by atoms with Gasteiger partial charge in [-0.2, -0.15) is 39.5 Å². The average Bonchev–Trinajstić information content (AvgIpc) is 3.35. The molecule has 2 aliphatic rings. The number of hydrogen-bond acceptors (Lipinski definition) is 5. The third-order valence-electron chi connectivity index (χ3n) is 9.14. The van der Waals surface area contributed by atoms with E-state index in [9.17, 15) is 49.1 Å². The van der Waals surface area contributed by atoms with E-state index in [0.29, 0.717) is 25.0 Å². The molecule has 276 valence electrons. The van der Waals surface area contributed by atoms with Gasteiger partial charge in [-0.1, -0.05) is 6.07 Å². The monoisotopic (exact) mass is 736 g/mol. The Morgan fingerprint density at radius 1 is 0.863 bits per heavy atom. The number of ether oxygens (including phenoxy) is 2. The number of methoxy groups -OCH3 is 1. The largest absolute Gasteiger partial charge is 0.496 e. The van der Waals surface area contributed by atoms with Crippen molar-refractivity contribution in [1.82, 2.24) is 9.80 Å². The van der Waals surface area contributed by atoms with Gasteiger partial charge in [-0.05, 0) is 84.3 Å². The summed E-state index contributed by atoms with van der Waals surface area (Å²) in [5.74, 6) is -1.69. The minimum absolute atomic E-state index is 0.0656. The standard InChI is InChI=1S/C34H30F10N2O5/c1-17-30(19-9-22(33(39,40)41)12-23(10-19)34(42,43)44)51-31(49)46(17)15-20-11-21(32(36,37)38)3-4-24(20)26-13-25(27(35)14-28(26)50-2)18-5-7-45(8-6-18)29(48)16-47/h3-4,9-14,17-18,30,47H,5-8,15-16H2,1-2H3/t17-,30-/m0/s1. The summed E-state index contributed by atoms with van der Waals surface area (Å²) < 4.78 is 149. The first kappa shape index (κ1) is 37.7. The number of aliphatic hydroxyl groups is 1. The fraction of sp³-hybridized carbons (Fsp3) is 0.412. The van der Waals surface area contributed by atoms with Crippen molar-refractivity contribution in [3.05, 3.63) is 87.7 Å². The highest BCUT2D eigenvalue weighted by molar-refractivity contribution is 5.78. The van der Waals surface area contributed by atoms with Gasteiger partial charge in [0, 0.05) is 24.7 Å². The minimum atomic E-state index is -5.19. The normalized spacial score (nSPS) is 19.0. The zero-order valence-electron chi connectivity index (χ0n) is 26.8. The lowest BCUT2D eigenvalue weighted by atomic mass is 9.86. The van der Waals surface area contributed by atoms with Gasteiger partial charge in [0.2, 0.25) is 5.91 Å². The van der Waals surface area contributed by atoms with E-state index < -0.39 is 89.8 Å². The number of nitrogens with zero attached hydrogens (tertiary/aromatic N) is 2. The Hall–Kier alpha value is -4.54. The molecule has 3 aromatic carbocycles. The molecule has 2 atom stereocenters. The highest BCUT2D eigenvalue weighted by atomic mass is 19.4. The van der Waals surface area contributed by atoms with E-state index in [1.54, 1.807) is 0 Å². The van der Waals surface area contributed by atoms with Gasteiger partial charge in [-0.25, -0.2) is 9.18 Å². The molecule has 17 heteroatoms. The number of halogens is 10. The van der Waals surface area contributed by atoms with Gasteiger partial charge in [-0.15, -0.1) is 0 Å². The maximum absolute atomic E-state index is 15.4. The number of likely N-dealkylation sites (tertiary alicyclic amines) is 1. The number of aliphatic hydroxyl groups excluding tert-OH is 1. The summed E-state index contributed by atoms with van der Waals surface area (Å²) in [6.07, 6.45) is -17.5. The van der Waals surface area contributed by atoms with E-state index in [4.69, 9.17) is 14.6 Å². The number of piperidine rings is 1. The van der Waals surface area contributed by atoms with Crippen LogP contribution in [0.2, 0.25) is 0 Å². The molecule has 0 saturated carbocycles. The number of hydrogen-bond donors (Lipinski definition) is 1. The van der Waals surface area contributed by atoms with E-state index in [1.165, 1.54) is 25.0 Å². The van der Waals surface area contributed by atoms with Crippen LogP contribution in [0, 0.1) is 5.82 Å². The third kappa shape index (κ3) is 7.87. The van der Waals surface area contributed by atoms with Crippen LogP contribution in [0.15, 0.2) is 48.5 Å². The van der Waals surface area contributed by atoms with Crippen LogP contribution in [0.1, 0.15) is 65.2 Å². The summed E-state index contributed by atoms with van der Waals surface area (Å²) in [7, 11) is 1.20. The van der Waals surface area contributed by atoms with E-state index in [-0.39, 0.29) is 47.2 Å². The van der Waals surface area contributed by atoms with Crippen LogP contribution < -0.4 is 4.74 Å². The molecule has 0 aliphatic carbocycles. The number of benzene rings is 3. The lowest BCUT2D eigenvalue weighted by molar-refractivity contribution is -0.143. The summed E-state index contributed by atoms with van der Waals surface area (Å²) in [4.78, 5) is 27.3. The second kappa shape index (κ2) is 13.9. The van der Waals surface area contributed by atoms with Crippen LogP contribution in [0.5, 0.6) is 5.75 Å². The summed E-state index contributed by atoms with van der Waals surface area (Å²) in [6, 6.07) is 4.51. The molecular weight excluding hydrogens is 706 g/mol. The zero-order chi connectivity index (χ0) is 37.6. The number of rotatable bonds is 7. The smallest absolute Gasteiger partial charge is 0.416 e. The molecule has 2 fully saturated rings. The molecule has 3 aromatic rings. The first-order valence-electron chi connectivity index (χ1n) is 15.5. The average molecular weight is 737 g/mol. The summed E-state index contributed by atoms with van der Waals surface area (Å²) >= 11 is 0. The SMILES string of the molecule is COc1cc(F)c(C2CCN(C(=O)CO)CC2)cc1-c1ccc(C(F)(F)F)cc1CN1C(=O)O[C@H](c2cc(C(F)(F)F)cc(C(F)(F)F)c2)[C@@H]1C. The fourth-order valence-corrected chi connectivity index (χ4v) is 6.45. The van der Waals surface area contributed by atoms with E-state index in [0.717, 1.165) is 29.2 Å². The van der Waals surface area contributed by atoms with Crippen molar-refractivity contribution in [2.45, 2.75) is 62.9 Å². The van der Waals surface area contributed by atoms with Crippen LogP contribution in [0.25, 0.3) is 11.1 Å². The topological polar surface area (TPSA) is 79.3 Å². The van der Waals surface area contributed by atoms with Crippen LogP contribution in [-0.2, 0) is 34.6 Å². The molecule has 0 radical (unpaired) electrons. The molecule has 51 heavy (non-hydrogen) atoms. The predicted molar refractivity (Wildman–Crippen MR) is 160 cm³/mol. The third-order valence-corrected chi connectivity index (χ3v) is 9.14. The highest BCUT2D eigenvalue weighted by Crippen LogP contribution is 2.44. The van der Waals surface area contributed by atoms with Gasteiger partial charge in [0.1, 0.15) is 24.3 Å². The van der Waals surface area contributed by atoms with Gasteiger partial charge in [0.25, 0.3) is 0 Å². The lowest BCUT2D eigenvalue weighted by Gasteiger charge is -2.32. The van der Waals surface area contributed by atoms with Gasteiger partial charge >= 0.3 is 24.6 Å². The summed E-state index contributed by atoms with van der Waals surface area (Å²) in [5, 5.41) is 9.17. The van der Waals surface area contributed by atoms with Crippen molar-refractivity contribution in [2.75, 3.05) is 26.8 Å². The molecule has 2 heterocycles. The van der Waals surface area contributed by atoms with E-state index in [2.05, 4.69) is 0 Å². The Morgan fingerprint density at radius 2 is 1.45 bits per heavy atom. The first-order valence-corrected chi connectivity index (χ1v) is 15.5. The predicted octanol–water partition coefficient (Wildman–Crippen LogP) is 8.34. The Bertz CT molecular complexity index is 1770. The Labute approximate surface area is 284 Å². The van der Waals surface area contributed by atoms with Crippen molar-refractivity contribution in [3.63, 3.8) is 0 Å². The van der Waals surface area contributed by atoms with Crippen molar-refractivity contribution in [3.8, 4) is 16.9 Å². The van der Waals surface area contributed by atoms with Gasteiger partial charge in [0.15, 0.2) is 0 Å². The molecule has 5 rings (SSSR count). The number of carbonyl (C=O) groups excluding carboxylic acids is 2. The van der Waals surface area contributed by atoms with E-state index >= 15 is 4.39 Å². The van der Waals surface area contributed by atoms with E-state index in [1.807, 2.05) is 0 Å². The van der Waals surface area contributed by atoms with Crippen LogP contribution in [-0.4, -0.2) is 59.8 Å². The van der Waals surface area contributed by atoms with Gasteiger partial charge in [-0.3, -0.25) is 9.69 Å². The molecular formula is C34H30F10N2O5. The van der Waals surface area contributed by atoms with Crippen molar-refractivity contribution in [1.29, 1.82) is 0 Å². The lowest BCUT2D eigenvalue weighted by Crippen LogP contribution is -2.39. The summed E-state index contributed by atoms with van der Waals surface area (Å²) in [6.45, 7) is 0.353. The van der Waals surface area contributed by atoms with Crippen LogP contribution in [0.3, 0.4) is 0 Å². The molecule has 2 saturated heterocycles. The Balaban J connectivity index is 1.55. The van der Waals surface area contributed by atoms with Crippen molar-refractivity contribution < 1.29 is 68.1 Å². The molecule has 0 unspecified atom stereocenters. The van der Waals surface area contributed by atoms with Crippen molar-refractivity contribution >= 4 is 12.0 Å². The fourth-order valence-electron chi connectivity index (χ4n) is 6.45. The maximum atomic E-state index is 15.4. The molecule has 0 aromatic heterocycles. The zero-order valence-corrected chi connectivity index (χ0v) is 26.8. The molecule has 0 spiro atoms. The van der Waals surface area contributed by atoms with Gasteiger partial charge in [0.05, 0.1) is 36.4 Å². The number of amides is 2. The number of alkyl halides is 9. The second-order valence-corrected chi connectivity index (χ2v) is 12.3. The summed E-state index contributed by atoms with van der Waals surface area (Å²) in [5.41, 5.74) is -4.82. The minimum Gasteiger partial charge on any atom is -0.496 e. The quantitative estimate of drug-likeness (QED) is 0.247. The van der Waals surface area contributed by atoms with Crippen molar-refractivity contribution in [2.24, 2.45) is 0 Å². The maximum Gasteiger partial charge on any atom is 0.416 e. The number of carbonyl (C=O) groups is 2. The Kier molecular flexibility index (Phi) is 10.3. The molecule has 0 bridgehead atoms. The first-order chi connectivity index (χ1) is 23.7.